The number of fused-ring (bicyclic) bond motifs is 3. The molecule has 2 aromatic rings. The summed E-state index contributed by atoms with van der Waals surface area (Å²) in [5.41, 5.74) is 8.87. The maximum Gasteiger partial charge on any atom is 0.416 e. The molecule has 2 heterocycles. The van der Waals surface area contributed by atoms with E-state index in [1.807, 2.05) is 0 Å². The molecule has 8 heteroatoms. The molecule has 5 rings (SSSR count). The van der Waals surface area contributed by atoms with Crippen molar-refractivity contribution < 1.29 is 13.2 Å². The van der Waals surface area contributed by atoms with E-state index in [2.05, 4.69) is 33.7 Å². The molecule has 4 N–H and O–H groups in total. The Morgan fingerprint density at radius 1 is 1.03 bits per heavy atom. The maximum absolute atomic E-state index is 13.7. The second-order valence-corrected chi connectivity index (χ2v) is 10.7. The largest absolute Gasteiger partial charge is 0.416 e. The summed E-state index contributed by atoms with van der Waals surface area (Å²) in [6, 6.07) is 9.83. The highest BCUT2D eigenvalue weighted by Crippen LogP contribution is 2.47. The molecule has 1 saturated heterocycles. The fourth-order valence-corrected chi connectivity index (χ4v) is 6.91. The van der Waals surface area contributed by atoms with Gasteiger partial charge in [-0.3, -0.25) is 0 Å². The van der Waals surface area contributed by atoms with Gasteiger partial charge >= 0.3 is 6.18 Å². The lowest BCUT2D eigenvalue weighted by molar-refractivity contribution is -0.137. The molecule has 4 nitrogen and oxygen atoms in total. The van der Waals surface area contributed by atoms with Crippen LogP contribution in [0.15, 0.2) is 40.1 Å². The van der Waals surface area contributed by atoms with Gasteiger partial charge in [-0.15, -0.1) is 0 Å². The number of hydrogen-bond donors (Lipinski definition) is 3. The Balaban J connectivity index is 1.37. The van der Waals surface area contributed by atoms with Crippen LogP contribution in [0, 0.1) is 5.92 Å². The highest BCUT2D eigenvalue weighted by molar-refractivity contribution is 7.99. The maximum atomic E-state index is 13.7. The van der Waals surface area contributed by atoms with Gasteiger partial charge in [0.15, 0.2) is 0 Å². The average Bonchev–Trinajstić information content (AvgIpc) is 3.43. The van der Waals surface area contributed by atoms with Crippen LogP contribution in [0.1, 0.15) is 48.8 Å². The topological polar surface area (TPSA) is 53.3 Å². The van der Waals surface area contributed by atoms with Crippen molar-refractivity contribution in [3.8, 4) is 0 Å². The lowest BCUT2D eigenvalue weighted by atomic mass is 9.99. The lowest BCUT2D eigenvalue weighted by Gasteiger charge is -2.29. The zero-order chi connectivity index (χ0) is 23.7. The van der Waals surface area contributed by atoms with Crippen LogP contribution >= 0.6 is 11.8 Å². The second-order valence-electron chi connectivity index (χ2n) is 9.63. The van der Waals surface area contributed by atoms with Crippen LogP contribution in [0.5, 0.6) is 0 Å². The smallest absolute Gasteiger partial charge is 0.385 e. The molecule has 2 aromatic carbocycles. The minimum absolute atomic E-state index is 0.575. The number of alkyl halides is 3. The number of nitrogens with one attached hydrogen (secondary N) is 2. The van der Waals surface area contributed by atoms with E-state index in [1.54, 1.807) is 0 Å². The minimum Gasteiger partial charge on any atom is -0.385 e. The summed E-state index contributed by atoms with van der Waals surface area (Å²) >= 11 is 1.48. The van der Waals surface area contributed by atoms with Gasteiger partial charge in [0.2, 0.25) is 0 Å². The summed E-state index contributed by atoms with van der Waals surface area (Å²) in [7, 11) is 0. The third-order valence-electron chi connectivity index (χ3n) is 7.43. The van der Waals surface area contributed by atoms with E-state index in [1.165, 1.54) is 60.8 Å². The monoisotopic (exact) mass is 490 g/mol. The average molecular weight is 491 g/mol. The van der Waals surface area contributed by atoms with Crippen molar-refractivity contribution in [2.75, 3.05) is 42.9 Å². The van der Waals surface area contributed by atoms with Gasteiger partial charge in [0, 0.05) is 59.8 Å². The van der Waals surface area contributed by atoms with Crippen molar-refractivity contribution >= 4 is 23.1 Å². The molecule has 184 valence electrons. The Bertz CT molecular complexity index is 1030. The van der Waals surface area contributed by atoms with Crippen LogP contribution in [-0.4, -0.2) is 38.8 Å². The molecular formula is C26H33F3N4S. The molecule has 0 aromatic heterocycles. The van der Waals surface area contributed by atoms with Crippen LogP contribution in [0.2, 0.25) is 0 Å². The standard InChI is InChI=1S/C26H33F3N4S/c27-26(28,29)19-14-22(32-10-2-9-31-11-8-30)21-13-18-5-6-20(16-24(18)34-25(21)15-19)33-12-7-17-3-1-4-23(17)33/h5-6,14-17,23,31-32H,1-4,7-13,30H2. The van der Waals surface area contributed by atoms with E-state index in [0.717, 1.165) is 42.4 Å². The SMILES string of the molecule is NCCNCCCNc1cc(C(F)(F)F)cc2c1Cc1ccc(N3CCC4CCCC43)cc1S2. The van der Waals surface area contributed by atoms with E-state index in [9.17, 15) is 13.2 Å². The number of hydrogen-bond acceptors (Lipinski definition) is 5. The quantitative estimate of drug-likeness (QED) is 0.365. The first-order valence-corrected chi connectivity index (χ1v) is 13.2. The first-order valence-electron chi connectivity index (χ1n) is 12.4. The van der Waals surface area contributed by atoms with Crippen LogP contribution in [0.3, 0.4) is 0 Å². The van der Waals surface area contributed by atoms with Gasteiger partial charge in [-0.1, -0.05) is 24.2 Å². The molecule has 2 unspecified atom stereocenters. The first-order chi connectivity index (χ1) is 16.4. The molecule has 0 radical (unpaired) electrons. The molecule has 3 aliphatic rings. The highest BCUT2D eigenvalue weighted by atomic mass is 32.2. The zero-order valence-electron chi connectivity index (χ0n) is 19.4. The van der Waals surface area contributed by atoms with Crippen molar-refractivity contribution in [2.24, 2.45) is 11.7 Å². The van der Waals surface area contributed by atoms with Crippen molar-refractivity contribution in [3.63, 3.8) is 0 Å². The lowest BCUT2D eigenvalue weighted by Crippen LogP contribution is -2.29. The van der Waals surface area contributed by atoms with Gasteiger partial charge in [0.05, 0.1) is 5.56 Å². The Morgan fingerprint density at radius 2 is 1.91 bits per heavy atom. The predicted molar refractivity (Wildman–Crippen MR) is 133 cm³/mol. The summed E-state index contributed by atoms with van der Waals surface area (Å²) < 4.78 is 41.1. The van der Waals surface area contributed by atoms with Crippen LogP contribution in [-0.2, 0) is 12.6 Å². The number of nitrogens with zero attached hydrogens (tertiary/aromatic N) is 1. The Hall–Kier alpha value is -1.90. The number of benzene rings is 2. The summed E-state index contributed by atoms with van der Waals surface area (Å²) in [6.45, 7) is 3.80. The fourth-order valence-electron chi connectivity index (χ4n) is 5.73. The zero-order valence-corrected chi connectivity index (χ0v) is 20.2. The van der Waals surface area contributed by atoms with Crippen molar-refractivity contribution in [2.45, 2.75) is 60.5 Å². The van der Waals surface area contributed by atoms with E-state index in [-0.39, 0.29) is 0 Å². The van der Waals surface area contributed by atoms with Gasteiger partial charge in [-0.25, -0.2) is 0 Å². The summed E-state index contributed by atoms with van der Waals surface area (Å²) in [5, 5.41) is 6.50. The fraction of sp³-hybridized carbons (Fsp3) is 0.538. The Morgan fingerprint density at radius 3 is 2.74 bits per heavy atom. The molecule has 1 aliphatic carbocycles. The molecule has 2 fully saturated rings. The van der Waals surface area contributed by atoms with Gasteiger partial charge < -0.3 is 21.3 Å². The Kier molecular flexibility index (Phi) is 7.00. The molecule has 2 atom stereocenters. The summed E-state index contributed by atoms with van der Waals surface area (Å²) in [6.07, 6.45) is 2.23. The number of anilines is 2. The molecular weight excluding hydrogens is 457 g/mol. The molecule has 1 saturated carbocycles. The molecule has 0 spiro atoms. The molecule has 34 heavy (non-hydrogen) atoms. The van der Waals surface area contributed by atoms with Crippen molar-refractivity contribution in [3.05, 3.63) is 47.0 Å². The predicted octanol–water partition coefficient (Wildman–Crippen LogP) is 5.49. The first kappa shape index (κ1) is 23.8. The second kappa shape index (κ2) is 9.99. The number of nitrogens with two attached hydrogens (primary N) is 1. The van der Waals surface area contributed by atoms with Crippen LogP contribution < -0.4 is 21.3 Å². The summed E-state index contributed by atoms with van der Waals surface area (Å²) in [4.78, 5) is 4.33. The number of halogens is 3. The van der Waals surface area contributed by atoms with E-state index in [0.29, 0.717) is 36.1 Å². The van der Waals surface area contributed by atoms with Crippen LogP contribution in [0.25, 0.3) is 0 Å². The highest BCUT2D eigenvalue weighted by Gasteiger charge is 2.38. The number of rotatable bonds is 8. The third-order valence-corrected chi connectivity index (χ3v) is 8.62. The molecule has 0 bridgehead atoms. The van der Waals surface area contributed by atoms with Gasteiger partial charge in [-0.05, 0) is 73.5 Å². The van der Waals surface area contributed by atoms with Crippen molar-refractivity contribution in [1.29, 1.82) is 0 Å². The van der Waals surface area contributed by atoms with Gasteiger partial charge in [0.1, 0.15) is 0 Å². The third kappa shape index (κ3) is 4.90. The van der Waals surface area contributed by atoms with E-state index >= 15 is 0 Å². The van der Waals surface area contributed by atoms with Gasteiger partial charge in [-0.2, -0.15) is 13.2 Å². The minimum atomic E-state index is -4.37. The van der Waals surface area contributed by atoms with Gasteiger partial charge in [0.25, 0.3) is 0 Å². The van der Waals surface area contributed by atoms with Crippen molar-refractivity contribution in [1.82, 2.24) is 5.32 Å². The summed E-state index contributed by atoms with van der Waals surface area (Å²) in [5.74, 6) is 0.804. The molecule has 0 amide bonds. The molecule has 2 aliphatic heterocycles. The Labute approximate surface area is 203 Å². The normalized spacial score (nSPS) is 21.4. The van der Waals surface area contributed by atoms with Crippen LogP contribution in [0.4, 0.5) is 24.5 Å². The van der Waals surface area contributed by atoms with E-state index < -0.39 is 11.7 Å². The van der Waals surface area contributed by atoms with E-state index in [4.69, 9.17) is 5.73 Å².